The van der Waals surface area contributed by atoms with Gasteiger partial charge >= 0.3 is 0 Å². The van der Waals surface area contributed by atoms with Crippen molar-refractivity contribution in [3.63, 3.8) is 0 Å². The van der Waals surface area contributed by atoms with Crippen LogP contribution in [0.5, 0.6) is 0 Å². The molecule has 0 bridgehead atoms. The molecule has 144 valence electrons. The van der Waals surface area contributed by atoms with Crippen molar-refractivity contribution < 1.29 is 13.2 Å². The first-order chi connectivity index (χ1) is 13.0. The van der Waals surface area contributed by atoms with Crippen LogP contribution < -0.4 is 4.72 Å². The molecule has 0 radical (unpaired) electrons. The maximum Gasteiger partial charge on any atom is 0.240 e. The molecule has 0 atom stereocenters. The highest BCUT2D eigenvalue weighted by Gasteiger charge is 2.26. The van der Waals surface area contributed by atoms with Crippen molar-refractivity contribution in [1.29, 1.82) is 0 Å². The first-order valence-electron chi connectivity index (χ1n) is 9.01. The first-order valence-corrected chi connectivity index (χ1v) is 11.7. The molecule has 0 spiro atoms. The number of carbonyl (C=O) groups excluding carboxylic acids is 1. The quantitative estimate of drug-likeness (QED) is 0.771. The SMILES string of the molecule is O=C(CSCc1ccccc1)N1CCC(NS(=O)(=O)c2ccccc2)CC1. The molecule has 2 aromatic rings. The third-order valence-electron chi connectivity index (χ3n) is 4.56. The molecular weight excluding hydrogens is 380 g/mol. The fourth-order valence-electron chi connectivity index (χ4n) is 3.06. The zero-order valence-electron chi connectivity index (χ0n) is 15.1. The number of sulfonamides is 1. The van der Waals surface area contributed by atoms with Crippen molar-refractivity contribution in [2.75, 3.05) is 18.8 Å². The Labute approximate surface area is 165 Å². The normalized spacial score (nSPS) is 15.6. The Hall–Kier alpha value is -1.83. The van der Waals surface area contributed by atoms with Crippen LogP contribution >= 0.6 is 11.8 Å². The van der Waals surface area contributed by atoms with E-state index in [4.69, 9.17) is 0 Å². The van der Waals surface area contributed by atoms with E-state index in [-0.39, 0.29) is 16.8 Å². The van der Waals surface area contributed by atoms with E-state index in [0.29, 0.717) is 31.7 Å². The fourth-order valence-corrected chi connectivity index (χ4v) is 5.27. The van der Waals surface area contributed by atoms with Gasteiger partial charge < -0.3 is 4.90 Å². The maximum absolute atomic E-state index is 12.4. The van der Waals surface area contributed by atoms with Crippen LogP contribution in [0.25, 0.3) is 0 Å². The predicted octanol–water partition coefficient (Wildman–Crippen LogP) is 2.89. The van der Waals surface area contributed by atoms with Crippen LogP contribution in [-0.4, -0.2) is 44.1 Å². The Morgan fingerprint density at radius 2 is 1.59 bits per heavy atom. The number of amides is 1. The second kappa shape index (κ2) is 9.39. The van der Waals surface area contributed by atoms with E-state index in [2.05, 4.69) is 16.9 Å². The summed E-state index contributed by atoms with van der Waals surface area (Å²) in [5.74, 6) is 1.40. The average Bonchev–Trinajstić information content (AvgIpc) is 2.70. The topological polar surface area (TPSA) is 66.5 Å². The number of thioether (sulfide) groups is 1. The van der Waals surface area contributed by atoms with Gasteiger partial charge in [-0.15, -0.1) is 11.8 Å². The molecule has 1 aliphatic heterocycles. The minimum Gasteiger partial charge on any atom is -0.342 e. The van der Waals surface area contributed by atoms with E-state index in [9.17, 15) is 13.2 Å². The summed E-state index contributed by atoms with van der Waals surface area (Å²) < 4.78 is 27.6. The van der Waals surface area contributed by atoms with Crippen molar-refractivity contribution in [3.05, 3.63) is 66.2 Å². The second-order valence-electron chi connectivity index (χ2n) is 6.57. The first kappa shape index (κ1) is 19.9. The van der Waals surface area contributed by atoms with E-state index in [1.54, 1.807) is 42.1 Å². The average molecular weight is 405 g/mol. The molecule has 7 heteroatoms. The van der Waals surface area contributed by atoms with Gasteiger partial charge in [-0.05, 0) is 30.5 Å². The molecule has 1 N–H and O–H groups in total. The van der Waals surface area contributed by atoms with Gasteiger partial charge in [-0.25, -0.2) is 13.1 Å². The Morgan fingerprint density at radius 3 is 2.22 bits per heavy atom. The third kappa shape index (κ3) is 5.82. The lowest BCUT2D eigenvalue weighted by atomic mass is 10.1. The maximum atomic E-state index is 12.4. The minimum atomic E-state index is -3.50. The van der Waals surface area contributed by atoms with Crippen molar-refractivity contribution >= 4 is 27.7 Å². The second-order valence-corrected chi connectivity index (χ2v) is 9.27. The van der Waals surface area contributed by atoms with Gasteiger partial charge in [0, 0.05) is 24.9 Å². The zero-order chi connectivity index (χ0) is 19.1. The molecule has 0 saturated carbocycles. The van der Waals surface area contributed by atoms with Gasteiger partial charge in [-0.1, -0.05) is 48.5 Å². The molecule has 0 aromatic heterocycles. The van der Waals surface area contributed by atoms with Crippen LogP contribution in [0.2, 0.25) is 0 Å². The highest BCUT2D eigenvalue weighted by Crippen LogP contribution is 2.17. The molecular formula is C20H24N2O3S2. The highest BCUT2D eigenvalue weighted by atomic mass is 32.2. The number of benzene rings is 2. The van der Waals surface area contributed by atoms with Crippen LogP contribution in [0.4, 0.5) is 0 Å². The van der Waals surface area contributed by atoms with Crippen LogP contribution in [0.3, 0.4) is 0 Å². The van der Waals surface area contributed by atoms with Gasteiger partial charge in [0.05, 0.1) is 10.6 Å². The Balaban J connectivity index is 1.42. The van der Waals surface area contributed by atoms with Crippen molar-refractivity contribution in [3.8, 4) is 0 Å². The van der Waals surface area contributed by atoms with E-state index < -0.39 is 10.0 Å². The monoisotopic (exact) mass is 404 g/mol. The fraction of sp³-hybridized carbons (Fsp3) is 0.350. The largest absolute Gasteiger partial charge is 0.342 e. The molecule has 1 amide bonds. The number of likely N-dealkylation sites (tertiary alicyclic amines) is 1. The summed E-state index contributed by atoms with van der Waals surface area (Å²) in [6, 6.07) is 18.4. The third-order valence-corrected chi connectivity index (χ3v) is 7.09. The molecule has 0 aliphatic carbocycles. The molecule has 2 aromatic carbocycles. The molecule has 1 heterocycles. The molecule has 1 fully saturated rings. The van der Waals surface area contributed by atoms with Gasteiger partial charge in [-0.2, -0.15) is 0 Å². The van der Waals surface area contributed by atoms with E-state index in [1.165, 1.54) is 5.56 Å². The zero-order valence-corrected chi connectivity index (χ0v) is 16.7. The van der Waals surface area contributed by atoms with Gasteiger partial charge in [0.25, 0.3) is 0 Å². The molecule has 0 unspecified atom stereocenters. The van der Waals surface area contributed by atoms with Crippen LogP contribution in [0, 0.1) is 0 Å². The number of rotatable bonds is 7. The number of piperidine rings is 1. The predicted molar refractivity (Wildman–Crippen MR) is 109 cm³/mol. The van der Waals surface area contributed by atoms with Crippen LogP contribution in [0.1, 0.15) is 18.4 Å². The van der Waals surface area contributed by atoms with Gasteiger partial charge in [-0.3, -0.25) is 4.79 Å². The van der Waals surface area contributed by atoms with Crippen LogP contribution in [0.15, 0.2) is 65.6 Å². The molecule has 3 rings (SSSR count). The van der Waals surface area contributed by atoms with Crippen molar-refractivity contribution in [1.82, 2.24) is 9.62 Å². The summed E-state index contributed by atoms with van der Waals surface area (Å²) in [5.41, 5.74) is 1.21. The summed E-state index contributed by atoms with van der Waals surface area (Å²) in [7, 11) is -3.50. The van der Waals surface area contributed by atoms with E-state index >= 15 is 0 Å². The highest BCUT2D eigenvalue weighted by molar-refractivity contribution is 7.99. The standard InChI is InChI=1S/C20H24N2O3S2/c23-20(16-26-15-17-7-3-1-4-8-17)22-13-11-18(12-14-22)21-27(24,25)19-9-5-2-6-10-19/h1-10,18,21H,11-16H2. The van der Waals surface area contributed by atoms with E-state index in [1.807, 2.05) is 23.1 Å². The van der Waals surface area contributed by atoms with E-state index in [0.717, 1.165) is 5.75 Å². The lowest BCUT2D eigenvalue weighted by molar-refractivity contribution is -0.129. The number of carbonyl (C=O) groups is 1. The summed E-state index contributed by atoms with van der Waals surface area (Å²) in [4.78, 5) is 14.5. The molecule has 27 heavy (non-hydrogen) atoms. The minimum absolute atomic E-state index is 0.125. The summed E-state index contributed by atoms with van der Waals surface area (Å²) in [5, 5.41) is 0. The Bertz CT molecular complexity index is 834. The van der Waals surface area contributed by atoms with Gasteiger partial charge in [0.1, 0.15) is 0 Å². The molecule has 5 nitrogen and oxygen atoms in total. The Kier molecular flexibility index (Phi) is 6.93. The van der Waals surface area contributed by atoms with Crippen molar-refractivity contribution in [2.45, 2.75) is 29.5 Å². The summed E-state index contributed by atoms with van der Waals surface area (Å²) in [6.45, 7) is 1.18. The van der Waals surface area contributed by atoms with Gasteiger partial charge in [0.2, 0.25) is 15.9 Å². The van der Waals surface area contributed by atoms with Crippen LogP contribution in [-0.2, 0) is 20.6 Å². The van der Waals surface area contributed by atoms with Gasteiger partial charge in [0.15, 0.2) is 0 Å². The summed E-state index contributed by atoms with van der Waals surface area (Å²) in [6.07, 6.45) is 1.28. The number of hydrogen-bond donors (Lipinski definition) is 1. The Morgan fingerprint density at radius 1 is 1.00 bits per heavy atom. The molecule has 1 aliphatic rings. The van der Waals surface area contributed by atoms with Crippen molar-refractivity contribution in [2.24, 2.45) is 0 Å². The number of nitrogens with zero attached hydrogens (tertiary/aromatic N) is 1. The lowest BCUT2D eigenvalue weighted by Gasteiger charge is -2.32. The smallest absolute Gasteiger partial charge is 0.240 e. The number of hydrogen-bond acceptors (Lipinski definition) is 4. The summed E-state index contributed by atoms with van der Waals surface area (Å²) >= 11 is 1.61. The molecule has 1 saturated heterocycles. The number of nitrogens with one attached hydrogen (secondary N) is 1. The lowest BCUT2D eigenvalue weighted by Crippen LogP contribution is -2.47.